The predicted octanol–water partition coefficient (Wildman–Crippen LogP) is 2.32. The molecule has 3 aromatic rings. The minimum Gasteiger partial charge on any atom is -0.497 e. The van der Waals surface area contributed by atoms with Gasteiger partial charge in [-0.3, -0.25) is 14.4 Å². The molecule has 180 valence electrons. The summed E-state index contributed by atoms with van der Waals surface area (Å²) in [6.45, 7) is 0.110. The van der Waals surface area contributed by atoms with Crippen LogP contribution in [0, 0.1) is 0 Å². The number of benzene rings is 3. The molecule has 1 heterocycles. The monoisotopic (exact) mass is 493 g/mol. The molecule has 0 aliphatic carbocycles. The summed E-state index contributed by atoms with van der Waals surface area (Å²) < 4.78 is 28.3. The van der Waals surface area contributed by atoms with E-state index in [9.17, 15) is 22.8 Å². The number of methoxy groups -OCH3 is 1. The van der Waals surface area contributed by atoms with E-state index in [-0.39, 0.29) is 23.5 Å². The maximum absolute atomic E-state index is 13.6. The van der Waals surface area contributed by atoms with E-state index in [0.717, 1.165) is 10.5 Å². The number of ether oxygens (including phenoxy) is 1. The highest BCUT2D eigenvalue weighted by Crippen LogP contribution is 2.29. The van der Waals surface area contributed by atoms with Gasteiger partial charge in [0.05, 0.1) is 24.1 Å². The summed E-state index contributed by atoms with van der Waals surface area (Å²) in [5.41, 5.74) is 1.31. The number of imide groups is 1. The fraction of sp³-hybridized carbons (Fsp3) is 0.160. The molecule has 0 saturated carbocycles. The van der Waals surface area contributed by atoms with Gasteiger partial charge in [0.25, 0.3) is 11.8 Å². The molecule has 0 radical (unpaired) electrons. The lowest BCUT2D eigenvalue weighted by atomic mass is 10.1. The zero-order chi connectivity index (χ0) is 25.2. The van der Waals surface area contributed by atoms with Crippen molar-refractivity contribution in [3.05, 3.63) is 90.0 Å². The second-order valence-electron chi connectivity index (χ2n) is 7.98. The number of anilines is 1. The first-order chi connectivity index (χ1) is 16.7. The number of primary sulfonamides is 1. The molecule has 1 unspecified atom stereocenters. The zero-order valence-corrected chi connectivity index (χ0v) is 19.6. The van der Waals surface area contributed by atoms with Gasteiger partial charge >= 0.3 is 0 Å². The molecule has 3 aromatic carbocycles. The van der Waals surface area contributed by atoms with Gasteiger partial charge in [-0.15, -0.1) is 0 Å². The standard InChI is InChI=1S/C25H23N3O6S/c1-34-20-9-5-8-18(14-20)24(30)27(16-17-6-3-2-4-7-17)22-15-23(29)28(25(22)31)19-10-12-21(13-11-19)35(26,32)33/h2-14,22H,15-16H2,1H3,(H2,26,32,33). The van der Waals surface area contributed by atoms with Crippen LogP contribution in [0.15, 0.2) is 83.8 Å². The third-order valence-electron chi connectivity index (χ3n) is 5.70. The summed E-state index contributed by atoms with van der Waals surface area (Å²) in [5.74, 6) is -1.02. The summed E-state index contributed by atoms with van der Waals surface area (Å²) in [6, 6.07) is 19.8. The van der Waals surface area contributed by atoms with Crippen molar-refractivity contribution < 1.29 is 27.5 Å². The van der Waals surface area contributed by atoms with Crippen LogP contribution in [-0.2, 0) is 26.2 Å². The summed E-state index contributed by atoms with van der Waals surface area (Å²) in [5, 5.41) is 5.13. The smallest absolute Gasteiger partial charge is 0.257 e. The van der Waals surface area contributed by atoms with E-state index < -0.39 is 33.8 Å². The van der Waals surface area contributed by atoms with Gasteiger partial charge in [-0.2, -0.15) is 0 Å². The molecule has 3 amide bonds. The Morgan fingerprint density at radius 2 is 1.71 bits per heavy atom. The van der Waals surface area contributed by atoms with E-state index in [4.69, 9.17) is 9.88 Å². The van der Waals surface area contributed by atoms with Crippen LogP contribution < -0.4 is 14.8 Å². The van der Waals surface area contributed by atoms with Crippen molar-refractivity contribution in [3.8, 4) is 5.75 Å². The Kier molecular flexibility index (Phi) is 6.68. The van der Waals surface area contributed by atoms with Crippen molar-refractivity contribution in [1.82, 2.24) is 4.90 Å². The summed E-state index contributed by atoms with van der Waals surface area (Å²) in [6.07, 6.45) is -0.210. The highest BCUT2D eigenvalue weighted by Gasteiger charge is 2.44. The van der Waals surface area contributed by atoms with Crippen molar-refractivity contribution in [1.29, 1.82) is 0 Å². The van der Waals surface area contributed by atoms with Crippen molar-refractivity contribution in [2.75, 3.05) is 12.0 Å². The van der Waals surface area contributed by atoms with Crippen LogP contribution in [-0.4, -0.2) is 44.2 Å². The van der Waals surface area contributed by atoms with E-state index in [1.807, 2.05) is 30.3 Å². The number of carbonyl (C=O) groups excluding carboxylic acids is 3. The molecule has 35 heavy (non-hydrogen) atoms. The Hall–Kier alpha value is -4.02. The molecule has 10 heteroatoms. The summed E-state index contributed by atoms with van der Waals surface area (Å²) >= 11 is 0. The van der Waals surface area contributed by atoms with Crippen LogP contribution in [0.3, 0.4) is 0 Å². The van der Waals surface area contributed by atoms with E-state index in [1.165, 1.54) is 36.3 Å². The lowest BCUT2D eigenvalue weighted by Gasteiger charge is -2.28. The van der Waals surface area contributed by atoms with Gasteiger partial charge in [0, 0.05) is 12.1 Å². The van der Waals surface area contributed by atoms with Gasteiger partial charge in [0.2, 0.25) is 15.9 Å². The van der Waals surface area contributed by atoms with E-state index in [1.54, 1.807) is 24.3 Å². The maximum Gasteiger partial charge on any atom is 0.257 e. The SMILES string of the molecule is COc1cccc(C(=O)N(Cc2ccccc2)C2CC(=O)N(c3ccc(S(N)(=O)=O)cc3)C2=O)c1. The molecular formula is C25H23N3O6S. The second kappa shape index (κ2) is 9.69. The first kappa shape index (κ1) is 24.1. The van der Waals surface area contributed by atoms with Crippen molar-refractivity contribution >= 4 is 33.4 Å². The number of amides is 3. The Bertz CT molecular complexity index is 1370. The Labute approximate surface area is 202 Å². The third-order valence-corrected chi connectivity index (χ3v) is 6.63. The predicted molar refractivity (Wildman–Crippen MR) is 128 cm³/mol. The number of carbonyl (C=O) groups is 3. The zero-order valence-electron chi connectivity index (χ0n) is 18.8. The fourth-order valence-electron chi connectivity index (χ4n) is 3.94. The van der Waals surface area contributed by atoms with Crippen LogP contribution >= 0.6 is 0 Å². The third kappa shape index (κ3) is 5.08. The fourth-order valence-corrected chi connectivity index (χ4v) is 4.46. The topological polar surface area (TPSA) is 127 Å². The first-order valence-electron chi connectivity index (χ1n) is 10.7. The quantitative estimate of drug-likeness (QED) is 0.503. The molecule has 4 rings (SSSR count). The molecule has 1 fully saturated rings. The average molecular weight is 494 g/mol. The highest BCUT2D eigenvalue weighted by atomic mass is 32.2. The Morgan fingerprint density at radius 3 is 2.34 bits per heavy atom. The molecule has 1 aliphatic rings. The van der Waals surface area contributed by atoms with Crippen LogP contribution in [0.5, 0.6) is 5.75 Å². The molecular weight excluding hydrogens is 470 g/mol. The van der Waals surface area contributed by atoms with Crippen LogP contribution in [0.2, 0.25) is 0 Å². The minimum atomic E-state index is -3.93. The number of hydrogen-bond donors (Lipinski definition) is 1. The summed E-state index contributed by atoms with van der Waals surface area (Å²) in [4.78, 5) is 42.1. The Morgan fingerprint density at radius 1 is 1.03 bits per heavy atom. The van der Waals surface area contributed by atoms with Gasteiger partial charge in [-0.25, -0.2) is 18.5 Å². The minimum absolute atomic E-state index is 0.110. The Balaban J connectivity index is 1.68. The first-order valence-corrected chi connectivity index (χ1v) is 12.2. The molecule has 0 spiro atoms. The van der Waals surface area contributed by atoms with Gasteiger partial charge in [-0.05, 0) is 48.0 Å². The number of rotatable bonds is 7. The van der Waals surface area contributed by atoms with Gasteiger partial charge in [0.15, 0.2) is 0 Å². The maximum atomic E-state index is 13.6. The van der Waals surface area contributed by atoms with Crippen molar-refractivity contribution in [2.45, 2.75) is 23.9 Å². The average Bonchev–Trinajstić information content (AvgIpc) is 3.15. The van der Waals surface area contributed by atoms with Gasteiger partial charge < -0.3 is 9.64 Å². The van der Waals surface area contributed by atoms with E-state index >= 15 is 0 Å². The largest absolute Gasteiger partial charge is 0.497 e. The molecule has 0 bridgehead atoms. The lowest BCUT2D eigenvalue weighted by molar-refractivity contribution is -0.122. The second-order valence-corrected chi connectivity index (χ2v) is 9.54. The van der Waals surface area contributed by atoms with Crippen LogP contribution in [0.1, 0.15) is 22.3 Å². The van der Waals surface area contributed by atoms with E-state index in [2.05, 4.69) is 0 Å². The number of hydrogen-bond acceptors (Lipinski definition) is 6. The number of nitrogens with zero attached hydrogens (tertiary/aromatic N) is 2. The molecule has 1 aliphatic heterocycles. The van der Waals surface area contributed by atoms with Gasteiger partial charge in [-0.1, -0.05) is 36.4 Å². The molecule has 0 aromatic heterocycles. The van der Waals surface area contributed by atoms with Crippen molar-refractivity contribution in [3.63, 3.8) is 0 Å². The normalized spacial score (nSPS) is 15.8. The molecule has 1 saturated heterocycles. The number of sulfonamides is 1. The lowest BCUT2D eigenvalue weighted by Crippen LogP contribution is -2.45. The van der Waals surface area contributed by atoms with E-state index in [0.29, 0.717) is 11.3 Å². The highest BCUT2D eigenvalue weighted by molar-refractivity contribution is 7.89. The van der Waals surface area contributed by atoms with Gasteiger partial charge in [0.1, 0.15) is 11.8 Å². The van der Waals surface area contributed by atoms with Crippen molar-refractivity contribution in [2.24, 2.45) is 5.14 Å². The van der Waals surface area contributed by atoms with Crippen LogP contribution in [0.25, 0.3) is 0 Å². The van der Waals surface area contributed by atoms with Crippen LogP contribution in [0.4, 0.5) is 5.69 Å². The molecule has 9 nitrogen and oxygen atoms in total. The number of nitrogens with two attached hydrogens (primary N) is 1. The summed E-state index contributed by atoms with van der Waals surface area (Å²) in [7, 11) is -2.44. The molecule has 2 N–H and O–H groups in total. The molecule has 1 atom stereocenters.